The molecule has 1 aromatic heterocycles. The van der Waals surface area contributed by atoms with Crippen LogP contribution in [-0.4, -0.2) is 35.3 Å². The molecule has 2 rings (SSSR count). The summed E-state index contributed by atoms with van der Waals surface area (Å²) in [6, 6.07) is 6.50. The number of carbonyl (C=O) groups excluding carboxylic acids is 2. The molecule has 0 unspecified atom stereocenters. The summed E-state index contributed by atoms with van der Waals surface area (Å²) in [5.41, 5.74) is 5.49. The maximum absolute atomic E-state index is 12.3. The van der Waals surface area contributed by atoms with Gasteiger partial charge in [0.2, 0.25) is 5.91 Å². The van der Waals surface area contributed by atoms with Gasteiger partial charge in [-0.05, 0) is 18.2 Å². The molecule has 0 atom stereocenters. The highest BCUT2D eigenvalue weighted by Gasteiger charge is 2.12. The van der Waals surface area contributed by atoms with E-state index in [4.69, 9.17) is 15.2 Å². The number of primary amides is 1. The van der Waals surface area contributed by atoms with Gasteiger partial charge in [-0.2, -0.15) is 5.10 Å². The Hall–Kier alpha value is -3.29. The Kier molecular flexibility index (Phi) is 6.16. The van der Waals surface area contributed by atoms with E-state index < -0.39 is 5.91 Å². The number of ether oxygens (including phenoxy) is 2. The molecule has 0 spiro atoms. The van der Waals surface area contributed by atoms with E-state index in [0.29, 0.717) is 36.0 Å². The third kappa shape index (κ3) is 5.10. The van der Waals surface area contributed by atoms with Crippen LogP contribution in [-0.2, 0) is 11.3 Å². The summed E-state index contributed by atoms with van der Waals surface area (Å²) in [5, 5.41) is 6.84. The van der Waals surface area contributed by atoms with Crippen LogP contribution in [0.5, 0.6) is 11.5 Å². The van der Waals surface area contributed by atoms with Crippen LogP contribution in [0.2, 0.25) is 0 Å². The van der Waals surface area contributed by atoms with Crippen LogP contribution in [0.3, 0.4) is 0 Å². The Balaban J connectivity index is 2.05. The topological polar surface area (TPSA) is 108 Å². The van der Waals surface area contributed by atoms with E-state index in [1.54, 1.807) is 36.5 Å². The Morgan fingerprint density at radius 1 is 1.36 bits per heavy atom. The number of amides is 2. The Labute approximate surface area is 145 Å². The number of rotatable bonds is 9. The zero-order chi connectivity index (χ0) is 18.2. The summed E-state index contributed by atoms with van der Waals surface area (Å²) in [4.78, 5) is 23.1. The molecule has 2 amide bonds. The number of methoxy groups -OCH3 is 1. The van der Waals surface area contributed by atoms with Crippen molar-refractivity contribution in [3.8, 4) is 11.5 Å². The minimum absolute atomic E-state index is 0.179. The number of nitrogens with two attached hydrogens (primary N) is 1. The summed E-state index contributed by atoms with van der Waals surface area (Å²) < 4.78 is 12.2. The number of nitrogens with one attached hydrogen (secondary N) is 1. The molecule has 0 saturated heterocycles. The van der Waals surface area contributed by atoms with Crippen LogP contribution >= 0.6 is 0 Å². The zero-order valence-electron chi connectivity index (χ0n) is 13.9. The number of aryl methyl sites for hydroxylation is 1. The average Bonchev–Trinajstić information content (AvgIpc) is 3.05. The second-order valence-corrected chi connectivity index (χ2v) is 5.10. The monoisotopic (exact) mass is 344 g/mol. The molecule has 0 aliphatic heterocycles. The highest BCUT2D eigenvalue weighted by atomic mass is 16.5. The first-order chi connectivity index (χ1) is 12.0. The first-order valence-corrected chi connectivity index (χ1v) is 7.58. The van der Waals surface area contributed by atoms with Gasteiger partial charge in [0.25, 0.3) is 5.91 Å². The maximum Gasteiger partial charge on any atom is 0.257 e. The zero-order valence-corrected chi connectivity index (χ0v) is 13.9. The van der Waals surface area contributed by atoms with Gasteiger partial charge < -0.3 is 20.5 Å². The van der Waals surface area contributed by atoms with Gasteiger partial charge >= 0.3 is 0 Å². The fourth-order valence-corrected chi connectivity index (χ4v) is 2.04. The Morgan fingerprint density at radius 3 is 2.84 bits per heavy atom. The van der Waals surface area contributed by atoms with Crippen LogP contribution in [0.25, 0.3) is 0 Å². The van der Waals surface area contributed by atoms with Crippen molar-refractivity contribution in [2.45, 2.75) is 13.0 Å². The SMILES string of the molecule is C=CCOc1ccc(C(=O)Nc2ccn(CCC(N)=O)n2)cc1OC. The van der Waals surface area contributed by atoms with Crippen molar-refractivity contribution in [1.82, 2.24) is 9.78 Å². The van der Waals surface area contributed by atoms with E-state index in [-0.39, 0.29) is 12.3 Å². The van der Waals surface area contributed by atoms with Crippen LogP contribution in [0.4, 0.5) is 5.82 Å². The molecule has 8 nitrogen and oxygen atoms in total. The van der Waals surface area contributed by atoms with E-state index >= 15 is 0 Å². The molecule has 132 valence electrons. The van der Waals surface area contributed by atoms with E-state index in [1.165, 1.54) is 11.8 Å². The van der Waals surface area contributed by atoms with Crippen molar-refractivity contribution in [3.63, 3.8) is 0 Å². The molecule has 25 heavy (non-hydrogen) atoms. The van der Waals surface area contributed by atoms with Gasteiger partial charge in [0.1, 0.15) is 6.61 Å². The van der Waals surface area contributed by atoms with Crippen LogP contribution in [0, 0.1) is 0 Å². The molecule has 1 heterocycles. The number of aromatic nitrogens is 2. The molecule has 0 radical (unpaired) electrons. The quantitative estimate of drug-likeness (QED) is 0.672. The number of hydrogen-bond donors (Lipinski definition) is 2. The van der Waals surface area contributed by atoms with E-state index in [1.807, 2.05) is 0 Å². The lowest BCUT2D eigenvalue weighted by Crippen LogP contribution is -2.15. The fourth-order valence-electron chi connectivity index (χ4n) is 2.04. The molecular weight excluding hydrogens is 324 g/mol. The summed E-state index contributed by atoms with van der Waals surface area (Å²) in [6.07, 6.45) is 3.46. The van der Waals surface area contributed by atoms with E-state index in [0.717, 1.165) is 0 Å². The number of nitrogens with zero attached hydrogens (tertiary/aromatic N) is 2. The number of anilines is 1. The second kappa shape index (κ2) is 8.53. The predicted molar refractivity (Wildman–Crippen MR) is 92.7 cm³/mol. The smallest absolute Gasteiger partial charge is 0.257 e. The van der Waals surface area contributed by atoms with Crippen molar-refractivity contribution in [3.05, 3.63) is 48.7 Å². The summed E-state index contributed by atoms with van der Waals surface area (Å²) in [5.74, 6) is 0.595. The van der Waals surface area contributed by atoms with E-state index in [9.17, 15) is 9.59 Å². The largest absolute Gasteiger partial charge is 0.493 e. The molecule has 3 N–H and O–H groups in total. The number of hydrogen-bond acceptors (Lipinski definition) is 5. The molecule has 0 aliphatic carbocycles. The lowest BCUT2D eigenvalue weighted by Gasteiger charge is -2.10. The molecule has 8 heteroatoms. The van der Waals surface area contributed by atoms with Crippen molar-refractivity contribution < 1.29 is 19.1 Å². The molecule has 1 aromatic carbocycles. The third-order valence-electron chi connectivity index (χ3n) is 3.25. The summed E-state index contributed by atoms with van der Waals surface area (Å²) in [6.45, 7) is 4.28. The van der Waals surface area contributed by atoms with Gasteiger partial charge in [0.15, 0.2) is 17.3 Å². The Morgan fingerprint density at radius 2 is 2.16 bits per heavy atom. The number of carbonyl (C=O) groups is 2. The lowest BCUT2D eigenvalue weighted by atomic mass is 10.2. The highest BCUT2D eigenvalue weighted by Crippen LogP contribution is 2.28. The fraction of sp³-hybridized carbons (Fsp3) is 0.235. The number of benzene rings is 1. The highest BCUT2D eigenvalue weighted by molar-refractivity contribution is 6.04. The van der Waals surface area contributed by atoms with Crippen LogP contribution in [0.15, 0.2) is 43.1 Å². The molecule has 0 aliphatic rings. The predicted octanol–water partition coefficient (Wildman–Crippen LogP) is 1.58. The molecule has 0 saturated carbocycles. The normalized spacial score (nSPS) is 10.1. The molecule has 0 fully saturated rings. The first-order valence-electron chi connectivity index (χ1n) is 7.58. The molecular formula is C17H20N4O4. The summed E-state index contributed by atoms with van der Waals surface area (Å²) in [7, 11) is 1.50. The van der Waals surface area contributed by atoms with Crippen LogP contribution in [0.1, 0.15) is 16.8 Å². The maximum atomic E-state index is 12.3. The van der Waals surface area contributed by atoms with Gasteiger partial charge in [-0.25, -0.2) is 0 Å². The average molecular weight is 344 g/mol. The molecule has 2 aromatic rings. The minimum Gasteiger partial charge on any atom is -0.493 e. The first kappa shape index (κ1) is 18.1. The second-order valence-electron chi connectivity index (χ2n) is 5.10. The van der Waals surface area contributed by atoms with Crippen molar-refractivity contribution in [1.29, 1.82) is 0 Å². The van der Waals surface area contributed by atoms with Crippen molar-refractivity contribution >= 4 is 17.6 Å². The van der Waals surface area contributed by atoms with Crippen molar-refractivity contribution in [2.75, 3.05) is 19.0 Å². The summed E-state index contributed by atoms with van der Waals surface area (Å²) >= 11 is 0. The lowest BCUT2D eigenvalue weighted by molar-refractivity contribution is -0.118. The van der Waals surface area contributed by atoms with Gasteiger partial charge in [-0.1, -0.05) is 12.7 Å². The minimum atomic E-state index is -0.410. The van der Waals surface area contributed by atoms with Crippen LogP contribution < -0.4 is 20.5 Å². The van der Waals surface area contributed by atoms with Crippen molar-refractivity contribution in [2.24, 2.45) is 5.73 Å². The Bertz CT molecular complexity index is 770. The molecule has 0 bridgehead atoms. The standard InChI is InChI=1S/C17H20N4O4/c1-3-10-25-13-5-4-12(11-14(13)24-2)17(23)19-16-7-9-21(20-16)8-6-15(18)22/h3-5,7,9,11H,1,6,8,10H2,2H3,(H2,18,22)(H,19,20,23). The van der Waals surface area contributed by atoms with Gasteiger partial charge in [-0.3, -0.25) is 14.3 Å². The third-order valence-corrected chi connectivity index (χ3v) is 3.25. The van der Waals surface area contributed by atoms with E-state index in [2.05, 4.69) is 17.0 Å². The van der Waals surface area contributed by atoms with Gasteiger partial charge in [0.05, 0.1) is 7.11 Å². The van der Waals surface area contributed by atoms with Gasteiger partial charge in [-0.15, -0.1) is 0 Å². The van der Waals surface area contributed by atoms with Gasteiger partial charge in [0, 0.05) is 30.8 Å².